The van der Waals surface area contributed by atoms with Crippen LogP contribution in [0.15, 0.2) is 81.0 Å². The Labute approximate surface area is 160 Å². The molecule has 0 spiro atoms. The van der Waals surface area contributed by atoms with Crippen LogP contribution in [0.1, 0.15) is 22.8 Å². The van der Waals surface area contributed by atoms with E-state index >= 15 is 0 Å². The van der Waals surface area contributed by atoms with Gasteiger partial charge < -0.3 is 10.2 Å². The van der Waals surface area contributed by atoms with Gasteiger partial charge in [-0.3, -0.25) is 4.79 Å². The summed E-state index contributed by atoms with van der Waals surface area (Å²) in [6.45, 7) is 1.65. The van der Waals surface area contributed by atoms with Gasteiger partial charge in [0.2, 0.25) is 0 Å². The van der Waals surface area contributed by atoms with Crippen molar-refractivity contribution in [1.82, 2.24) is 5.43 Å². The average Bonchev–Trinajstić information content (AvgIpc) is 2.71. The zero-order valence-corrected chi connectivity index (χ0v) is 15.1. The van der Waals surface area contributed by atoms with Crippen LogP contribution in [0.3, 0.4) is 0 Å². The van der Waals surface area contributed by atoms with Crippen molar-refractivity contribution in [2.75, 3.05) is 5.73 Å². The van der Waals surface area contributed by atoms with Gasteiger partial charge in [0.1, 0.15) is 5.58 Å². The Morgan fingerprint density at radius 3 is 2.54 bits per heavy atom. The summed E-state index contributed by atoms with van der Waals surface area (Å²) < 4.78 is 5.46. The molecule has 0 atom stereocenters. The number of benzene rings is 3. The number of carbonyl (C=O) groups excluding carboxylic acids is 1. The zero-order chi connectivity index (χ0) is 19.7. The lowest BCUT2D eigenvalue weighted by Crippen LogP contribution is -2.21. The molecular weight excluding hydrogens is 354 g/mol. The van der Waals surface area contributed by atoms with Crippen LogP contribution in [0.4, 0.5) is 5.69 Å². The molecule has 0 aliphatic carbocycles. The van der Waals surface area contributed by atoms with Gasteiger partial charge >= 0.3 is 5.63 Å². The summed E-state index contributed by atoms with van der Waals surface area (Å²) in [5, 5.41) is 6.90. The fourth-order valence-corrected chi connectivity index (χ4v) is 3.02. The van der Waals surface area contributed by atoms with Crippen molar-refractivity contribution in [2.45, 2.75) is 6.92 Å². The van der Waals surface area contributed by atoms with Gasteiger partial charge in [0.15, 0.2) is 0 Å². The third kappa shape index (κ3) is 3.23. The number of rotatable bonds is 3. The van der Waals surface area contributed by atoms with Crippen LogP contribution >= 0.6 is 0 Å². The van der Waals surface area contributed by atoms with Crippen LogP contribution in [0, 0.1) is 0 Å². The highest BCUT2D eigenvalue weighted by Crippen LogP contribution is 2.25. The summed E-state index contributed by atoms with van der Waals surface area (Å²) in [6.07, 6.45) is 0. The van der Waals surface area contributed by atoms with E-state index < -0.39 is 11.5 Å². The van der Waals surface area contributed by atoms with Gasteiger partial charge in [0.25, 0.3) is 5.91 Å². The number of hydrazone groups is 1. The number of nitrogens with two attached hydrogens (primary N) is 1. The molecule has 6 nitrogen and oxygen atoms in total. The number of nitrogens with zero attached hydrogens (tertiary/aromatic N) is 1. The Kier molecular flexibility index (Phi) is 4.37. The second kappa shape index (κ2) is 7.00. The van der Waals surface area contributed by atoms with Crippen molar-refractivity contribution < 1.29 is 9.21 Å². The molecule has 0 bridgehead atoms. The quantitative estimate of drug-likeness (QED) is 0.189. The molecular formula is C22H17N3O3. The fourth-order valence-electron chi connectivity index (χ4n) is 3.02. The van der Waals surface area contributed by atoms with E-state index in [4.69, 9.17) is 10.2 Å². The monoisotopic (exact) mass is 371 g/mol. The highest BCUT2D eigenvalue weighted by atomic mass is 16.4. The summed E-state index contributed by atoms with van der Waals surface area (Å²) >= 11 is 0. The average molecular weight is 371 g/mol. The number of hydrogen-bond acceptors (Lipinski definition) is 5. The van der Waals surface area contributed by atoms with Crippen molar-refractivity contribution >= 4 is 39.0 Å². The minimum atomic E-state index is -0.509. The second-order valence-corrected chi connectivity index (χ2v) is 6.41. The SMILES string of the molecule is C/C(=N\NC(=O)c1ccc(N)cc1)c1cc2c(ccc3ccccc32)oc1=O. The molecule has 0 saturated heterocycles. The molecule has 3 N–H and O–H groups in total. The van der Waals surface area contributed by atoms with Crippen LogP contribution in [-0.4, -0.2) is 11.6 Å². The van der Waals surface area contributed by atoms with Gasteiger partial charge in [0, 0.05) is 16.6 Å². The minimum Gasteiger partial charge on any atom is -0.422 e. The van der Waals surface area contributed by atoms with Crippen LogP contribution in [-0.2, 0) is 0 Å². The maximum absolute atomic E-state index is 12.4. The molecule has 0 aliphatic heterocycles. The lowest BCUT2D eigenvalue weighted by atomic mass is 10.0. The molecule has 28 heavy (non-hydrogen) atoms. The Hall–Kier alpha value is -3.93. The van der Waals surface area contributed by atoms with Gasteiger partial charge in [-0.05, 0) is 54.1 Å². The van der Waals surface area contributed by atoms with E-state index in [0.717, 1.165) is 16.2 Å². The van der Waals surface area contributed by atoms with Gasteiger partial charge in [-0.15, -0.1) is 0 Å². The van der Waals surface area contributed by atoms with Crippen LogP contribution in [0.2, 0.25) is 0 Å². The molecule has 0 saturated carbocycles. The number of nitrogen functional groups attached to an aromatic ring is 1. The maximum Gasteiger partial charge on any atom is 0.345 e. The van der Waals surface area contributed by atoms with Crippen LogP contribution in [0.25, 0.3) is 21.7 Å². The van der Waals surface area contributed by atoms with E-state index in [9.17, 15) is 9.59 Å². The van der Waals surface area contributed by atoms with Crippen molar-refractivity contribution in [3.63, 3.8) is 0 Å². The first-order valence-corrected chi connectivity index (χ1v) is 8.69. The number of hydrogen-bond donors (Lipinski definition) is 2. The van der Waals surface area contributed by atoms with Crippen LogP contribution < -0.4 is 16.8 Å². The van der Waals surface area contributed by atoms with Crippen molar-refractivity contribution in [3.05, 3.63) is 88.3 Å². The standard InChI is InChI=1S/C22H17N3O3/c1-13(24-25-21(26)15-6-9-16(23)10-7-15)18-12-19-17-5-3-2-4-14(17)8-11-20(19)28-22(18)27/h2-12H,23H2,1H3,(H,25,26)/b24-13+. The van der Waals surface area contributed by atoms with Crippen molar-refractivity contribution in [1.29, 1.82) is 0 Å². The lowest BCUT2D eigenvalue weighted by Gasteiger charge is -2.06. The summed E-state index contributed by atoms with van der Waals surface area (Å²) in [5.74, 6) is -0.394. The summed E-state index contributed by atoms with van der Waals surface area (Å²) in [7, 11) is 0. The second-order valence-electron chi connectivity index (χ2n) is 6.41. The molecule has 0 unspecified atom stereocenters. The number of amides is 1. The van der Waals surface area contributed by atoms with Gasteiger partial charge in [0.05, 0.1) is 11.3 Å². The molecule has 6 heteroatoms. The largest absolute Gasteiger partial charge is 0.422 e. The third-order valence-electron chi connectivity index (χ3n) is 4.53. The highest BCUT2D eigenvalue weighted by Gasteiger charge is 2.11. The molecule has 1 heterocycles. The fraction of sp³-hybridized carbons (Fsp3) is 0.0455. The Morgan fingerprint density at radius 1 is 1.00 bits per heavy atom. The predicted molar refractivity (Wildman–Crippen MR) is 111 cm³/mol. The molecule has 1 amide bonds. The van der Waals surface area contributed by atoms with Gasteiger partial charge in [-0.1, -0.05) is 30.3 Å². The number of anilines is 1. The number of carbonyl (C=O) groups is 1. The van der Waals surface area contributed by atoms with E-state index in [1.165, 1.54) is 0 Å². The Morgan fingerprint density at radius 2 is 1.75 bits per heavy atom. The van der Waals surface area contributed by atoms with E-state index in [2.05, 4.69) is 10.5 Å². The summed E-state index contributed by atoms with van der Waals surface area (Å²) in [5.41, 5.74) is 9.71. The first-order chi connectivity index (χ1) is 13.5. The molecule has 0 fully saturated rings. The smallest absolute Gasteiger partial charge is 0.345 e. The minimum absolute atomic E-state index is 0.293. The molecule has 1 aromatic heterocycles. The van der Waals surface area contributed by atoms with E-state index in [0.29, 0.717) is 28.1 Å². The predicted octanol–water partition coefficient (Wildman–Crippen LogP) is 3.68. The molecule has 0 radical (unpaired) electrons. The molecule has 4 rings (SSSR count). The van der Waals surface area contributed by atoms with Crippen LogP contribution in [0.5, 0.6) is 0 Å². The van der Waals surface area contributed by atoms with Gasteiger partial charge in [-0.25, -0.2) is 10.2 Å². The third-order valence-corrected chi connectivity index (χ3v) is 4.53. The Bertz CT molecular complexity index is 1290. The number of fused-ring (bicyclic) bond motifs is 3. The van der Waals surface area contributed by atoms with Crippen molar-refractivity contribution in [2.24, 2.45) is 5.10 Å². The highest BCUT2D eigenvalue weighted by molar-refractivity contribution is 6.09. The molecule has 138 valence electrons. The van der Waals surface area contributed by atoms with Gasteiger partial charge in [-0.2, -0.15) is 5.10 Å². The van der Waals surface area contributed by atoms with E-state index in [1.807, 2.05) is 30.3 Å². The van der Waals surface area contributed by atoms with E-state index in [-0.39, 0.29) is 0 Å². The zero-order valence-electron chi connectivity index (χ0n) is 15.1. The molecule has 3 aromatic carbocycles. The van der Waals surface area contributed by atoms with E-state index in [1.54, 1.807) is 43.3 Å². The molecule has 4 aromatic rings. The molecule has 0 aliphatic rings. The summed E-state index contributed by atoms with van der Waals surface area (Å²) in [6, 6.07) is 19.8. The number of nitrogens with one attached hydrogen (secondary N) is 1. The first-order valence-electron chi connectivity index (χ1n) is 8.69. The Balaban J connectivity index is 1.71. The summed E-state index contributed by atoms with van der Waals surface area (Å²) in [4.78, 5) is 24.6. The normalized spacial score (nSPS) is 11.7. The topological polar surface area (TPSA) is 97.7 Å². The maximum atomic E-state index is 12.4. The first kappa shape index (κ1) is 17.5. The van der Waals surface area contributed by atoms with Crippen molar-refractivity contribution in [3.8, 4) is 0 Å². The lowest BCUT2D eigenvalue weighted by molar-refractivity contribution is 0.0955.